The Kier molecular flexibility index (Phi) is 10.4. The normalized spacial score (nSPS) is 19.9. The average molecular weight is 719 g/mol. The molecule has 0 aliphatic carbocycles. The van der Waals surface area contributed by atoms with Gasteiger partial charge < -0.3 is 29.8 Å². The number of thiophene rings is 1. The Morgan fingerprint density at radius 1 is 0.959 bits per heavy atom. The topological polar surface area (TPSA) is 148 Å². The minimum Gasteiger partial charge on any atom is -0.340 e. The van der Waals surface area contributed by atoms with E-state index in [2.05, 4.69) is 5.32 Å². The number of halogens is 2. The van der Waals surface area contributed by atoms with Crippen molar-refractivity contribution in [2.45, 2.75) is 64.2 Å². The van der Waals surface area contributed by atoms with Crippen molar-refractivity contribution in [2.24, 2.45) is 5.41 Å². The highest BCUT2D eigenvalue weighted by molar-refractivity contribution is 7.52. The molecule has 264 valence electrons. The number of fused-ring (bicyclic) bond motifs is 1. The van der Waals surface area contributed by atoms with Crippen LogP contribution in [0.4, 0.5) is 8.78 Å². The molecule has 2 aliphatic rings. The van der Waals surface area contributed by atoms with Crippen molar-refractivity contribution in [3.8, 4) is 0 Å². The molecule has 2 aliphatic heterocycles. The minimum atomic E-state index is -5.79. The van der Waals surface area contributed by atoms with Gasteiger partial charge in [0, 0.05) is 49.3 Å². The number of hydrogen-bond donors (Lipinski definition) is 3. The molecule has 11 nitrogen and oxygen atoms in total. The lowest BCUT2D eigenvalue weighted by Crippen LogP contribution is -2.66. The van der Waals surface area contributed by atoms with E-state index < -0.39 is 48.1 Å². The Labute approximate surface area is 287 Å². The number of carbonyl (C=O) groups excluding carboxylic acids is 4. The quantitative estimate of drug-likeness (QED) is 0.299. The monoisotopic (exact) mass is 718 g/mol. The number of piperazine rings is 1. The number of likely N-dealkylation sites (tertiary alicyclic amines) is 1. The first-order chi connectivity index (χ1) is 22.9. The summed E-state index contributed by atoms with van der Waals surface area (Å²) in [6, 6.07) is 12.3. The Morgan fingerprint density at radius 3 is 2.29 bits per heavy atom. The van der Waals surface area contributed by atoms with Gasteiger partial charge in [0.25, 0.3) is 5.91 Å². The number of amides is 4. The lowest BCUT2D eigenvalue weighted by Gasteiger charge is -2.45. The summed E-state index contributed by atoms with van der Waals surface area (Å²) in [4.78, 5) is 77.8. The van der Waals surface area contributed by atoms with E-state index in [1.165, 1.54) is 24.0 Å². The minimum absolute atomic E-state index is 0.0229. The van der Waals surface area contributed by atoms with E-state index in [9.17, 15) is 32.5 Å². The predicted molar refractivity (Wildman–Crippen MR) is 181 cm³/mol. The Balaban J connectivity index is 1.39. The van der Waals surface area contributed by atoms with Gasteiger partial charge in [-0.2, -0.15) is 8.78 Å². The number of nitrogens with zero attached hydrogens (tertiary/aromatic N) is 3. The first kappa shape index (κ1) is 36.6. The van der Waals surface area contributed by atoms with Gasteiger partial charge in [-0.25, -0.2) is 0 Å². The van der Waals surface area contributed by atoms with E-state index in [0.717, 1.165) is 41.9 Å². The van der Waals surface area contributed by atoms with Crippen molar-refractivity contribution in [1.82, 2.24) is 20.0 Å². The summed E-state index contributed by atoms with van der Waals surface area (Å²) in [7, 11) is -5.79. The molecule has 4 amide bonds. The molecule has 3 N–H and O–H groups in total. The van der Waals surface area contributed by atoms with Crippen molar-refractivity contribution >= 4 is 52.6 Å². The van der Waals surface area contributed by atoms with Crippen molar-refractivity contribution in [3.05, 3.63) is 70.6 Å². The molecule has 0 radical (unpaired) electrons. The van der Waals surface area contributed by atoms with Crippen molar-refractivity contribution in [1.29, 1.82) is 0 Å². The summed E-state index contributed by atoms with van der Waals surface area (Å²) in [6.07, 6.45) is 1.71. The van der Waals surface area contributed by atoms with Crippen LogP contribution in [-0.2, 0) is 24.6 Å². The molecule has 0 spiro atoms. The highest BCUT2D eigenvalue weighted by Crippen LogP contribution is 2.59. The molecule has 0 saturated carbocycles. The first-order valence-electron chi connectivity index (χ1n) is 16.1. The SMILES string of the molecule is CC(=O)N1CCN(C(=O)[C@@H](NC(=O)c2cc3cc(C(F)(F)P(=O)(O)O)ccc3s2)C(C)(C)C)[C@H](C(=O)N2CCC[C@H](c3ccccc3)C2)C1. The third-order valence-electron chi connectivity index (χ3n) is 9.24. The van der Waals surface area contributed by atoms with Gasteiger partial charge in [0.1, 0.15) is 12.1 Å². The van der Waals surface area contributed by atoms with E-state index in [-0.39, 0.29) is 47.6 Å². The van der Waals surface area contributed by atoms with E-state index in [0.29, 0.717) is 17.8 Å². The molecular weight excluding hydrogens is 677 g/mol. The molecule has 1 aromatic heterocycles. The highest BCUT2D eigenvalue weighted by Gasteiger charge is 2.50. The summed E-state index contributed by atoms with van der Waals surface area (Å²) in [5.41, 5.74) is -4.99. The third-order valence-corrected chi connectivity index (χ3v) is 11.3. The van der Waals surface area contributed by atoms with Crippen LogP contribution in [0.3, 0.4) is 0 Å². The first-order valence-corrected chi connectivity index (χ1v) is 18.5. The Bertz CT molecular complexity index is 1790. The number of alkyl halides is 2. The van der Waals surface area contributed by atoms with E-state index in [1.54, 1.807) is 30.6 Å². The largest absolute Gasteiger partial charge is 0.399 e. The van der Waals surface area contributed by atoms with Gasteiger partial charge >= 0.3 is 13.3 Å². The molecule has 5 rings (SSSR count). The van der Waals surface area contributed by atoms with E-state index in [4.69, 9.17) is 9.79 Å². The Hall–Kier alpha value is -3.71. The second-order valence-electron chi connectivity index (χ2n) is 13.8. The number of hydrogen-bond acceptors (Lipinski definition) is 6. The standard InChI is InChI=1S/C34H41F2N4O7PS/c1-21(41)38-15-16-40(26(20-38)31(43)39-14-8-11-23(19-39)22-9-6-5-7-10-22)32(44)29(33(2,3)4)37-30(42)28-18-24-17-25(12-13-27(24)49-28)34(35,36)48(45,46)47/h5-7,9-10,12-13,17-18,23,26,29H,8,11,14-16,19-20H2,1-4H3,(H,37,42)(H2,45,46,47)/t23-,26-,29+/m0/s1. The van der Waals surface area contributed by atoms with Crippen molar-refractivity contribution in [3.63, 3.8) is 0 Å². The maximum absolute atomic E-state index is 14.4. The van der Waals surface area contributed by atoms with Gasteiger partial charge in [0.05, 0.1) is 11.4 Å². The maximum atomic E-state index is 14.4. The maximum Gasteiger partial charge on any atom is 0.399 e. The third kappa shape index (κ3) is 7.72. The second-order valence-corrected chi connectivity index (χ2v) is 16.5. The molecule has 2 fully saturated rings. The molecule has 2 aromatic carbocycles. The summed E-state index contributed by atoms with van der Waals surface area (Å²) >= 11 is 0.977. The van der Waals surface area contributed by atoms with Crippen LogP contribution in [0.5, 0.6) is 0 Å². The van der Waals surface area contributed by atoms with Crippen molar-refractivity contribution in [2.75, 3.05) is 32.7 Å². The average Bonchev–Trinajstić information content (AvgIpc) is 3.49. The number of carbonyl (C=O) groups is 4. The summed E-state index contributed by atoms with van der Waals surface area (Å²) in [6.45, 7) is 8.08. The summed E-state index contributed by atoms with van der Waals surface area (Å²) in [5.74, 6) is -1.46. The molecule has 15 heteroatoms. The fraction of sp³-hybridized carbons (Fsp3) is 0.471. The van der Waals surface area contributed by atoms with Gasteiger partial charge in [-0.3, -0.25) is 23.7 Å². The van der Waals surface area contributed by atoms with Crippen LogP contribution < -0.4 is 5.32 Å². The smallest absolute Gasteiger partial charge is 0.340 e. The number of rotatable bonds is 7. The lowest BCUT2D eigenvalue weighted by atomic mass is 9.85. The number of piperidine rings is 1. The summed E-state index contributed by atoms with van der Waals surface area (Å²) < 4.78 is 40.6. The highest BCUT2D eigenvalue weighted by atomic mass is 32.1. The molecule has 3 atom stereocenters. The fourth-order valence-corrected chi connectivity index (χ4v) is 7.88. The van der Waals surface area contributed by atoms with Crippen LogP contribution in [-0.4, -0.2) is 92.9 Å². The fourth-order valence-electron chi connectivity index (χ4n) is 6.46. The zero-order valence-corrected chi connectivity index (χ0v) is 29.5. The Morgan fingerprint density at radius 2 is 1.65 bits per heavy atom. The van der Waals surface area contributed by atoms with E-state index >= 15 is 0 Å². The van der Waals surface area contributed by atoms with Crippen LogP contribution in [0.2, 0.25) is 0 Å². The van der Waals surface area contributed by atoms with Crippen LogP contribution in [0.25, 0.3) is 10.1 Å². The van der Waals surface area contributed by atoms with Gasteiger partial charge in [-0.05, 0) is 47.4 Å². The van der Waals surface area contributed by atoms with Crippen LogP contribution in [0.15, 0.2) is 54.6 Å². The molecule has 0 bridgehead atoms. The molecule has 3 heterocycles. The molecule has 0 unspecified atom stereocenters. The molecule has 49 heavy (non-hydrogen) atoms. The van der Waals surface area contributed by atoms with Gasteiger partial charge in [-0.15, -0.1) is 11.3 Å². The summed E-state index contributed by atoms with van der Waals surface area (Å²) in [5, 5.41) is 2.99. The number of nitrogens with one attached hydrogen (secondary N) is 1. The predicted octanol–water partition coefficient (Wildman–Crippen LogP) is 4.74. The van der Waals surface area contributed by atoms with Gasteiger partial charge in [0.15, 0.2) is 0 Å². The molecule has 2 saturated heterocycles. The number of benzene rings is 2. The van der Waals surface area contributed by atoms with Gasteiger partial charge in [-0.1, -0.05) is 57.2 Å². The van der Waals surface area contributed by atoms with Crippen LogP contribution in [0, 0.1) is 5.41 Å². The van der Waals surface area contributed by atoms with Crippen LogP contribution in [0.1, 0.15) is 67.3 Å². The van der Waals surface area contributed by atoms with Gasteiger partial charge in [0.2, 0.25) is 17.7 Å². The van der Waals surface area contributed by atoms with Crippen LogP contribution >= 0.6 is 18.9 Å². The second kappa shape index (κ2) is 13.9. The zero-order valence-electron chi connectivity index (χ0n) is 27.8. The molecule has 3 aromatic rings. The van der Waals surface area contributed by atoms with Crippen molar-refractivity contribution < 1.29 is 42.3 Å². The lowest BCUT2D eigenvalue weighted by molar-refractivity contribution is -0.155. The zero-order chi connectivity index (χ0) is 35.9. The molecular formula is C34H41F2N4O7PS. The van der Waals surface area contributed by atoms with E-state index in [1.807, 2.05) is 30.3 Å².